The first-order valence-electron chi connectivity index (χ1n) is 6.28. The Morgan fingerprint density at radius 3 is 3.00 bits per heavy atom. The van der Waals surface area contributed by atoms with E-state index in [4.69, 9.17) is 0 Å². The van der Waals surface area contributed by atoms with Crippen LogP contribution in [0.2, 0.25) is 0 Å². The maximum absolute atomic E-state index is 11.7. The highest BCUT2D eigenvalue weighted by Crippen LogP contribution is 2.19. The minimum Gasteiger partial charge on any atom is -0.349 e. The van der Waals surface area contributed by atoms with Gasteiger partial charge in [-0.1, -0.05) is 44.6 Å². The summed E-state index contributed by atoms with van der Waals surface area (Å²) in [6.45, 7) is 5.09. The second kappa shape index (κ2) is 5.17. The van der Waals surface area contributed by atoms with E-state index >= 15 is 0 Å². The molecule has 0 aliphatic carbocycles. The number of fused-ring (bicyclic) bond motifs is 1. The van der Waals surface area contributed by atoms with Gasteiger partial charge < -0.3 is 5.32 Å². The fourth-order valence-electron chi connectivity index (χ4n) is 2.06. The lowest BCUT2D eigenvalue weighted by molar-refractivity contribution is 0.0958. The van der Waals surface area contributed by atoms with Crippen LogP contribution in [-0.2, 0) is 6.42 Å². The van der Waals surface area contributed by atoms with Gasteiger partial charge in [0, 0.05) is 12.1 Å². The number of carbonyl (C=O) groups excluding carboxylic acids is 1. The molecule has 1 N–H and O–H groups in total. The zero-order valence-corrected chi connectivity index (χ0v) is 10.5. The van der Waals surface area contributed by atoms with Crippen molar-refractivity contribution in [1.29, 1.82) is 0 Å². The standard InChI is InChI=1S/C15H19NO/c1-3-11(2)9-12-6-7-14-13(10-12)5-4-8-16-15(14)17/h4-7,10-11H,3,8-9H2,1-2H3,(H,16,17). The topological polar surface area (TPSA) is 29.1 Å². The fraction of sp³-hybridized carbons (Fsp3) is 0.400. The lowest BCUT2D eigenvalue weighted by Crippen LogP contribution is -2.22. The van der Waals surface area contributed by atoms with Crippen LogP contribution in [0.3, 0.4) is 0 Å². The lowest BCUT2D eigenvalue weighted by Gasteiger charge is -2.10. The number of nitrogens with one attached hydrogen (secondary N) is 1. The molecule has 2 rings (SSSR count). The summed E-state index contributed by atoms with van der Waals surface area (Å²) in [5.74, 6) is 0.719. The van der Waals surface area contributed by atoms with Gasteiger partial charge in [0.15, 0.2) is 0 Å². The number of rotatable bonds is 3. The molecule has 1 atom stereocenters. The van der Waals surface area contributed by atoms with E-state index in [1.807, 2.05) is 18.2 Å². The van der Waals surface area contributed by atoms with Crippen molar-refractivity contribution in [2.24, 2.45) is 5.92 Å². The average Bonchev–Trinajstić information content (AvgIpc) is 2.51. The van der Waals surface area contributed by atoms with E-state index in [0.29, 0.717) is 12.5 Å². The molecule has 2 heteroatoms. The first-order valence-corrected chi connectivity index (χ1v) is 6.28. The summed E-state index contributed by atoms with van der Waals surface area (Å²) in [6.07, 6.45) is 6.30. The first-order chi connectivity index (χ1) is 8.20. The third-order valence-electron chi connectivity index (χ3n) is 3.32. The van der Waals surface area contributed by atoms with E-state index in [-0.39, 0.29) is 5.91 Å². The maximum Gasteiger partial charge on any atom is 0.252 e. The predicted molar refractivity (Wildman–Crippen MR) is 71.0 cm³/mol. The number of benzene rings is 1. The van der Waals surface area contributed by atoms with Gasteiger partial charge >= 0.3 is 0 Å². The second-order valence-electron chi connectivity index (χ2n) is 4.75. The quantitative estimate of drug-likeness (QED) is 0.848. The normalized spacial score (nSPS) is 16.0. The van der Waals surface area contributed by atoms with Crippen molar-refractivity contribution in [3.63, 3.8) is 0 Å². The number of hydrogen-bond acceptors (Lipinski definition) is 1. The second-order valence-corrected chi connectivity index (χ2v) is 4.75. The molecule has 1 heterocycles. The number of carbonyl (C=O) groups is 1. The molecule has 1 unspecified atom stereocenters. The van der Waals surface area contributed by atoms with Crippen molar-refractivity contribution in [2.45, 2.75) is 26.7 Å². The lowest BCUT2D eigenvalue weighted by atomic mass is 9.95. The van der Waals surface area contributed by atoms with Gasteiger partial charge in [0.05, 0.1) is 0 Å². The summed E-state index contributed by atoms with van der Waals surface area (Å²) in [7, 11) is 0. The molecule has 90 valence electrons. The van der Waals surface area contributed by atoms with Crippen molar-refractivity contribution in [2.75, 3.05) is 6.54 Å². The molecule has 17 heavy (non-hydrogen) atoms. The molecule has 0 spiro atoms. The van der Waals surface area contributed by atoms with E-state index in [0.717, 1.165) is 17.5 Å². The molecule has 1 aliphatic rings. The Balaban J connectivity index is 2.29. The van der Waals surface area contributed by atoms with Gasteiger partial charge in [0.25, 0.3) is 5.91 Å². The molecule has 1 aromatic carbocycles. The van der Waals surface area contributed by atoms with Gasteiger partial charge in [0.1, 0.15) is 0 Å². The summed E-state index contributed by atoms with van der Waals surface area (Å²) in [6, 6.07) is 6.16. The molecule has 0 saturated carbocycles. The Kier molecular flexibility index (Phi) is 3.62. The van der Waals surface area contributed by atoms with E-state index < -0.39 is 0 Å². The van der Waals surface area contributed by atoms with Crippen molar-refractivity contribution in [3.05, 3.63) is 41.0 Å². The zero-order valence-electron chi connectivity index (χ0n) is 10.5. The third-order valence-corrected chi connectivity index (χ3v) is 3.32. The molecule has 1 amide bonds. The van der Waals surface area contributed by atoms with Crippen molar-refractivity contribution >= 4 is 12.0 Å². The summed E-state index contributed by atoms with van der Waals surface area (Å²) in [5.41, 5.74) is 3.14. The van der Waals surface area contributed by atoms with Crippen LogP contribution in [0.4, 0.5) is 0 Å². The zero-order chi connectivity index (χ0) is 12.3. The molecule has 1 aliphatic heterocycles. The Bertz CT molecular complexity index is 448. The van der Waals surface area contributed by atoms with Crippen LogP contribution >= 0.6 is 0 Å². The van der Waals surface area contributed by atoms with Crippen LogP contribution in [0.5, 0.6) is 0 Å². The fourth-order valence-corrected chi connectivity index (χ4v) is 2.06. The summed E-state index contributed by atoms with van der Waals surface area (Å²) < 4.78 is 0. The molecular weight excluding hydrogens is 210 g/mol. The maximum atomic E-state index is 11.7. The Morgan fingerprint density at radius 2 is 2.24 bits per heavy atom. The van der Waals surface area contributed by atoms with Crippen LogP contribution in [-0.4, -0.2) is 12.5 Å². The van der Waals surface area contributed by atoms with Crippen LogP contribution in [0, 0.1) is 5.92 Å². The van der Waals surface area contributed by atoms with Crippen LogP contribution in [0.1, 0.15) is 41.8 Å². The average molecular weight is 229 g/mol. The summed E-state index contributed by atoms with van der Waals surface area (Å²) >= 11 is 0. The minimum absolute atomic E-state index is 0.0279. The SMILES string of the molecule is CCC(C)Cc1ccc2c(c1)C=CCNC2=O. The van der Waals surface area contributed by atoms with E-state index in [2.05, 4.69) is 31.3 Å². The van der Waals surface area contributed by atoms with Gasteiger partial charge in [0.2, 0.25) is 0 Å². The van der Waals surface area contributed by atoms with E-state index in [9.17, 15) is 4.79 Å². The molecule has 2 nitrogen and oxygen atoms in total. The van der Waals surface area contributed by atoms with Gasteiger partial charge in [-0.25, -0.2) is 0 Å². The van der Waals surface area contributed by atoms with Gasteiger partial charge in [-0.2, -0.15) is 0 Å². The van der Waals surface area contributed by atoms with Crippen molar-refractivity contribution in [3.8, 4) is 0 Å². The van der Waals surface area contributed by atoms with Gasteiger partial charge in [-0.05, 0) is 29.5 Å². The minimum atomic E-state index is 0.0279. The number of hydrogen-bond donors (Lipinski definition) is 1. The molecule has 0 fully saturated rings. The van der Waals surface area contributed by atoms with E-state index in [1.165, 1.54) is 12.0 Å². The Hall–Kier alpha value is -1.57. The molecule has 1 aromatic rings. The highest BCUT2D eigenvalue weighted by atomic mass is 16.1. The monoisotopic (exact) mass is 229 g/mol. The largest absolute Gasteiger partial charge is 0.349 e. The van der Waals surface area contributed by atoms with Crippen LogP contribution in [0.25, 0.3) is 6.08 Å². The number of amides is 1. The Labute approximate surface area is 103 Å². The molecule has 0 bridgehead atoms. The highest BCUT2D eigenvalue weighted by Gasteiger charge is 2.12. The smallest absolute Gasteiger partial charge is 0.252 e. The van der Waals surface area contributed by atoms with Crippen LogP contribution in [0.15, 0.2) is 24.3 Å². The highest BCUT2D eigenvalue weighted by molar-refractivity contribution is 5.98. The van der Waals surface area contributed by atoms with Crippen molar-refractivity contribution in [1.82, 2.24) is 5.32 Å². The Morgan fingerprint density at radius 1 is 1.41 bits per heavy atom. The summed E-state index contributed by atoms with van der Waals surface area (Å²) in [4.78, 5) is 11.7. The van der Waals surface area contributed by atoms with E-state index in [1.54, 1.807) is 0 Å². The van der Waals surface area contributed by atoms with Crippen molar-refractivity contribution < 1.29 is 4.79 Å². The van der Waals surface area contributed by atoms with Crippen LogP contribution < -0.4 is 5.32 Å². The molecule has 0 saturated heterocycles. The predicted octanol–water partition coefficient (Wildman–Crippen LogP) is 3.03. The summed E-state index contributed by atoms with van der Waals surface area (Å²) in [5, 5.41) is 2.85. The molecular formula is C15H19NO. The third kappa shape index (κ3) is 2.76. The van der Waals surface area contributed by atoms with Gasteiger partial charge in [-0.15, -0.1) is 0 Å². The first kappa shape index (κ1) is 11.9. The van der Waals surface area contributed by atoms with Gasteiger partial charge in [-0.3, -0.25) is 4.79 Å². The molecule has 0 radical (unpaired) electrons. The molecule has 0 aromatic heterocycles.